The van der Waals surface area contributed by atoms with E-state index in [-0.39, 0.29) is 23.1 Å². The number of carbonyl (C=O) groups is 1. The molecule has 3 atom stereocenters. The molecule has 1 heterocycles. The van der Waals surface area contributed by atoms with E-state index in [0.29, 0.717) is 0 Å². The summed E-state index contributed by atoms with van der Waals surface area (Å²) in [5.74, 6) is -0.257. The van der Waals surface area contributed by atoms with Gasteiger partial charge in [-0.1, -0.05) is 38.5 Å². The molecule has 0 radical (unpaired) electrons. The molecule has 2 rings (SSSR count). The van der Waals surface area contributed by atoms with Crippen molar-refractivity contribution in [3.63, 3.8) is 0 Å². The van der Waals surface area contributed by atoms with Crippen LogP contribution in [0.1, 0.15) is 39.7 Å². The predicted molar refractivity (Wildman–Crippen MR) is 79.9 cm³/mol. The molecule has 0 amide bonds. The summed E-state index contributed by atoms with van der Waals surface area (Å²) in [6, 6.07) is 7.63. The fraction of sp³-hybridized carbons (Fsp3) is 0.562. The maximum atomic E-state index is 12.8. The third kappa shape index (κ3) is 2.53. The number of ether oxygens (including phenoxy) is 1. The summed E-state index contributed by atoms with van der Waals surface area (Å²) in [6.07, 6.45) is 0.217. The van der Waals surface area contributed by atoms with Gasteiger partial charge in [-0.3, -0.25) is 9.00 Å². The van der Waals surface area contributed by atoms with Crippen molar-refractivity contribution in [2.45, 2.75) is 56.8 Å². The number of carbonyl (C=O) groups excluding carboxylic acids is 1. The van der Waals surface area contributed by atoms with E-state index in [4.69, 9.17) is 4.74 Å². The van der Waals surface area contributed by atoms with Gasteiger partial charge in [0, 0.05) is 10.3 Å². The van der Waals surface area contributed by atoms with Crippen LogP contribution in [0.2, 0.25) is 0 Å². The molecule has 3 nitrogen and oxygen atoms in total. The fourth-order valence-corrected chi connectivity index (χ4v) is 4.27. The van der Waals surface area contributed by atoms with E-state index >= 15 is 0 Å². The summed E-state index contributed by atoms with van der Waals surface area (Å²) in [7, 11) is -1.25. The van der Waals surface area contributed by atoms with Crippen LogP contribution in [0, 0.1) is 12.3 Å². The van der Waals surface area contributed by atoms with E-state index in [1.165, 1.54) is 0 Å². The number of hydrogen-bond acceptors (Lipinski definition) is 3. The van der Waals surface area contributed by atoms with Crippen molar-refractivity contribution in [3.05, 3.63) is 29.8 Å². The Morgan fingerprint density at radius 3 is 2.30 bits per heavy atom. The first-order valence-electron chi connectivity index (χ1n) is 6.84. The van der Waals surface area contributed by atoms with Crippen LogP contribution in [-0.2, 0) is 20.3 Å². The number of cyclic esters (lactones) is 1. The average molecular weight is 294 g/mol. The van der Waals surface area contributed by atoms with E-state index in [1.807, 2.05) is 58.9 Å². The molecular formula is C16H22O3S. The number of esters is 1. The van der Waals surface area contributed by atoms with Crippen LogP contribution in [0.3, 0.4) is 0 Å². The first-order valence-corrected chi connectivity index (χ1v) is 8.05. The Balaban J connectivity index is 2.37. The maximum absolute atomic E-state index is 12.8. The largest absolute Gasteiger partial charge is 0.457 e. The highest BCUT2D eigenvalue weighted by Gasteiger charge is 2.55. The van der Waals surface area contributed by atoms with Crippen molar-refractivity contribution in [2.24, 2.45) is 5.41 Å². The molecule has 110 valence electrons. The van der Waals surface area contributed by atoms with E-state index in [1.54, 1.807) is 0 Å². The van der Waals surface area contributed by atoms with Gasteiger partial charge in [0.2, 0.25) is 0 Å². The van der Waals surface area contributed by atoms with E-state index in [2.05, 4.69) is 0 Å². The van der Waals surface area contributed by atoms with Gasteiger partial charge in [0.1, 0.15) is 5.60 Å². The van der Waals surface area contributed by atoms with E-state index < -0.39 is 16.4 Å². The zero-order chi connectivity index (χ0) is 15.1. The SMILES string of the molecule is Cc1ccc([S@](=O)[C@H]2CC(=O)O[C@]2(C)C(C)(C)C)cc1. The molecule has 1 fully saturated rings. The molecule has 4 heteroatoms. The van der Waals surface area contributed by atoms with Gasteiger partial charge in [-0.25, -0.2) is 0 Å². The molecule has 1 aromatic rings. The van der Waals surface area contributed by atoms with E-state index in [0.717, 1.165) is 10.5 Å². The monoisotopic (exact) mass is 294 g/mol. The third-order valence-corrected chi connectivity index (χ3v) is 6.16. The zero-order valence-electron chi connectivity index (χ0n) is 12.7. The predicted octanol–water partition coefficient (Wildman–Crippen LogP) is 3.22. The van der Waals surface area contributed by atoms with Gasteiger partial charge in [-0.2, -0.15) is 0 Å². The second-order valence-corrected chi connectivity index (χ2v) is 8.27. The average Bonchev–Trinajstić information content (AvgIpc) is 2.65. The molecule has 0 aliphatic carbocycles. The molecule has 1 saturated heterocycles. The van der Waals surface area contributed by atoms with Crippen molar-refractivity contribution in [1.82, 2.24) is 0 Å². The first kappa shape index (κ1) is 15.2. The summed E-state index contributed by atoms with van der Waals surface area (Å²) in [5, 5.41) is -0.308. The van der Waals surface area contributed by atoms with Gasteiger partial charge in [-0.05, 0) is 26.0 Å². The zero-order valence-corrected chi connectivity index (χ0v) is 13.5. The topological polar surface area (TPSA) is 43.4 Å². The van der Waals surface area contributed by atoms with Crippen molar-refractivity contribution >= 4 is 16.8 Å². The van der Waals surface area contributed by atoms with Gasteiger partial charge in [0.25, 0.3) is 0 Å². The Hall–Kier alpha value is -1.16. The minimum atomic E-state index is -1.25. The van der Waals surface area contributed by atoms with Crippen LogP contribution in [0.15, 0.2) is 29.2 Å². The Morgan fingerprint density at radius 2 is 1.80 bits per heavy atom. The smallest absolute Gasteiger partial charge is 0.307 e. The highest BCUT2D eigenvalue weighted by Crippen LogP contribution is 2.45. The summed E-state index contributed by atoms with van der Waals surface area (Å²) >= 11 is 0. The molecule has 1 aliphatic heterocycles. The van der Waals surface area contributed by atoms with Gasteiger partial charge in [-0.15, -0.1) is 0 Å². The van der Waals surface area contributed by atoms with Gasteiger partial charge in [0.15, 0.2) is 0 Å². The van der Waals surface area contributed by atoms with Crippen molar-refractivity contribution in [2.75, 3.05) is 0 Å². The van der Waals surface area contributed by atoms with Gasteiger partial charge < -0.3 is 4.74 Å². The standard InChI is InChI=1S/C16H22O3S/c1-11-6-8-12(9-7-11)20(18)13-10-14(17)19-16(13,5)15(2,3)4/h6-9,13H,10H2,1-5H3/t13-,16-,20-/m0/s1. The molecule has 0 N–H and O–H groups in total. The molecule has 0 spiro atoms. The lowest BCUT2D eigenvalue weighted by atomic mass is 9.76. The van der Waals surface area contributed by atoms with Gasteiger partial charge in [0.05, 0.1) is 22.5 Å². The van der Waals surface area contributed by atoms with Crippen molar-refractivity contribution in [3.8, 4) is 0 Å². The minimum Gasteiger partial charge on any atom is -0.457 e. The highest BCUT2D eigenvalue weighted by molar-refractivity contribution is 7.85. The van der Waals surface area contributed by atoms with Crippen molar-refractivity contribution in [1.29, 1.82) is 0 Å². The molecule has 1 aromatic carbocycles. The fourth-order valence-electron chi connectivity index (χ4n) is 2.44. The summed E-state index contributed by atoms with van der Waals surface area (Å²) in [5.41, 5.74) is 0.160. The van der Waals surface area contributed by atoms with Crippen LogP contribution < -0.4 is 0 Å². The quantitative estimate of drug-likeness (QED) is 0.787. The second kappa shape index (κ2) is 4.99. The molecule has 0 bridgehead atoms. The minimum absolute atomic E-state index is 0.217. The van der Waals surface area contributed by atoms with Crippen LogP contribution in [0.4, 0.5) is 0 Å². The summed E-state index contributed by atoms with van der Waals surface area (Å²) < 4.78 is 18.4. The van der Waals surface area contributed by atoms with Crippen LogP contribution in [-0.4, -0.2) is 21.0 Å². The molecule has 0 saturated carbocycles. The van der Waals surface area contributed by atoms with Crippen LogP contribution in [0.25, 0.3) is 0 Å². The van der Waals surface area contributed by atoms with Crippen LogP contribution >= 0.6 is 0 Å². The van der Waals surface area contributed by atoms with Crippen LogP contribution in [0.5, 0.6) is 0 Å². The molecule has 0 unspecified atom stereocenters. The third-order valence-electron chi connectivity index (χ3n) is 4.29. The summed E-state index contributed by atoms with van der Waals surface area (Å²) in [6.45, 7) is 9.95. The Bertz CT molecular complexity index is 542. The molecule has 1 aliphatic rings. The first-order chi connectivity index (χ1) is 9.15. The van der Waals surface area contributed by atoms with E-state index in [9.17, 15) is 9.00 Å². The number of rotatable bonds is 2. The lowest BCUT2D eigenvalue weighted by molar-refractivity contribution is -0.155. The second-order valence-electron chi connectivity index (χ2n) is 6.63. The number of benzene rings is 1. The molecular weight excluding hydrogens is 272 g/mol. The summed E-state index contributed by atoms with van der Waals surface area (Å²) in [4.78, 5) is 12.5. The Labute approximate surface area is 123 Å². The normalized spacial score (nSPS) is 28.2. The van der Waals surface area contributed by atoms with Gasteiger partial charge >= 0.3 is 5.97 Å². The molecule has 0 aromatic heterocycles. The maximum Gasteiger partial charge on any atom is 0.307 e. The molecule has 20 heavy (non-hydrogen) atoms. The lowest BCUT2D eigenvalue weighted by Gasteiger charge is -2.40. The Kier molecular flexibility index (Phi) is 3.80. The Morgan fingerprint density at radius 1 is 1.25 bits per heavy atom. The number of aryl methyl sites for hydroxylation is 1. The highest BCUT2D eigenvalue weighted by atomic mass is 32.2. The number of hydrogen-bond donors (Lipinski definition) is 0. The lowest BCUT2D eigenvalue weighted by Crippen LogP contribution is -2.49. The van der Waals surface area contributed by atoms with Crippen molar-refractivity contribution < 1.29 is 13.7 Å².